The monoisotopic (exact) mass is 298 g/mol. The van der Waals surface area contributed by atoms with Gasteiger partial charge in [0.2, 0.25) is 0 Å². The van der Waals surface area contributed by atoms with Crippen LogP contribution in [-0.4, -0.2) is 46.8 Å². The first-order chi connectivity index (χ1) is 9.69. The summed E-state index contributed by atoms with van der Waals surface area (Å²) in [6.45, 7) is 1.74. The fourth-order valence-corrected chi connectivity index (χ4v) is 2.64. The van der Waals surface area contributed by atoms with Crippen molar-refractivity contribution in [1.29, 1.82) is 0 Å². The van der Waals surface area contributed by atoms with Gasteiger partial charge in [0, 0.05) is 5.75 Å². The van der Waals surface area contributed by atoms with Crippen molar-refractivity contribution < 1.29 is 19.7 Å². The second-order valence-corrected chi connectivity index (χ2v) is 5.62. The van der Waals surface area contributed by atoms with Gasteiger partial charge in [0.25, 0.3) is 0 Å². The van der Waals surface area contributed by atoms with E-state index in [4.69, 9.17) is 9.84 Å². The summed E-state index contributed by atoms with van der Waals surface area (Å²) in [6.07, 6.45) is 1.73. The van der Waals surface area contributed by atoms with Crippen molar-refractivity contribution in [3.05, 3.63) is 29.8 Å². The van der Waals surface area contributed by atoms with Crippen LogP contribution in [0, 0.1) is 0 Å². The third-order valence-corrected chi connectivity index (χ3v) is 3.91. The average Bonchev–Trinajstić information content (AvgIpc) is 2.49. The van der Waals surface area contributed by atoms with Crippen molar-refractivity contribution in [2.24, 2.45) is 0 Å². The first-order valence-corrected chi connectivity index (χ1v) is 7.96. The van der Waals surface area contributed by atoms with Crippen LogP contribution in [0.2, 0.25) is 0 Å². The van der Waals surface area contributed by atoms with E-state index in [-0.39, 0.29) is 12.4 Å². The molecule has 4 nitrogen and oxygen atoms in total. The van der Waals surface area contributed by atoms with E-state index in [1.54, 1.807) is 36.0 Å². The zero-order valence-electron chi connectivity index (χ0n) is 11.7. The highest BCUT2D eigenvalue weighted by Gasteiger charge is 2.12. The molecule has 0 bridgehead atoms. The summed E-state index contributed by atoms with van der Waals surface area (Å²) in [7, 11) is 0. The van der Waals surface area contributed by atoms with Gasteiger partial charge in [-0.1, -0.05) is 25.5 Å². The molecule has 0 aliphatic carbocycles. The molecule has 5 heteroatoms. The summed E-state index contributed by atoms with van der Waals surface area (Å²) in [5, 5.41) is 18.7. The predicted molar refractivity (Wildman–Crippen MR) is 81.6 cm³/mol. The van der Waals surface area contributed by atoms with Gasteiger partial charge in [-0.3, -0.25) is 4.79 Å². The van der Waals surface area contributed by atoms with Crippen LogP contribution < -0.4 is 4.74 Å². The highest BCUT2D eigenvalue weighted by molar-refractivity contribution is 7.99. The molecule has 20 heavy (non-hydrogen) atoms. The second-order valence-electron chi connectivity index (χ2n) is 4.47. The lowest BCUT2D eigenvalue weighted by atomic mass is 10.1. The molecular formula is C15H22O4S. The Morgan fingerprint density at radius 3 is 2.85 bits per heavy atom. The standard InChI is InChI=1S/C15H22O4S/c1-2-3-8-20-11-12(17)10-19-15-7-5-4-6-13(15)14(18)9-16/h4-7,12,16-17H,2-3,8-11H2,1H3. The number of hydrogen-bond donors (Lipinski definition) is 2. The molecule has 1 aromatic carbocycles. The summed E-state index contributed by atoms with van der Waals surface area (Å²) in [6, 6.07) is 6.74. The van der Waals surface area contributed by atoms with Gasteiger partial charge in [-0.25, -0.2) is 0 Å². The lowest BCUT2D eigenvalue weighted by Gasteiger charge is -2.14. The number of para-hydroxylation sites is 1. The number of ether oxygens (including phenoxy) is 1. The number of thioether (sulfide) groups is 1. The molecule has 0 spiro atoms. The van der Waals surface area contributed by atoms with E-state index in [0.29, 0.717) is 17.1 Å². The molecule has 2 N–H and O–H groups in total. The van der Waals surface area contributed by atoms with E-state index in [9.17, 15) is 9.90 Å². The molecule has 0 saturated carbocycles. The fourth-order valence-electron chi connectivity index (χ4n) is 1.61. The summed E-state index contributed by atoms with van der Waals surface area (Å²) < 4.78 is 5.48. The van der Waals surface area contributed by atoms with E-state index in [2.05, 4.69) is 6.92 Å². The van der Waals surface area contributed by atoms with Gasteiger partial charge in [-0.05, 0) is 24.3 Å². The van der Waals surface area contributed by atoms with Crippen LogP contribution in [0.4, 0.5) is 0 Å². The van der Waals surface area contributed by atoms with E-state index in [0.717, 1.165) is 18.6 Å². The van der Waals surface area contributed by atoms with E-state index >= 15 is 0 Å². The Balaban J connectivity index is 2.43. The number of carbonyl (C=O) groups excluding carboxylic acids is 1. The van der Waals surface area contributed by atoms with Crippen LogP contribution in [0.25, 0.3) is 0 Å². The number of ketones is 1. The Bertz CT molecular complexity index is 409. The van der Waals surface area contributed by atoms with Crippen molar-refractivity contribution in [1.82, 2.24) is 0 Å². The zero-order valence-corrected chi connectivity index (χ0v) is 12.6. The molecule has 0 radical (unpaired) electrons. The maximum absolute atomic E-state index is 11.5. The number of Topliss-reactive ketones (excluding diaryl/α,β-unsaturated/α-hetero) is 1. The number of hydrogen-bond acceptors (Lipinski definition) is 5. The minimum absolute atomic E-state index is 0.148. The van der Waals surface area contributed by atoms with Crippen LogP contribution in [0.3, 0.4) is 0 Å². The van der Waals surface area contributed by atoms with Crippen LogP contribution in [-0.2, 0) is 0 Å². The van der Waals surface area contributed by atoms with Gasteiger partial charge < -0.3 is 14.9 Å². The molecule has 112 valence electrons. The number of carbonyl (C=O) groups is 1. The smallest absolute Gasteiger partial charge is 0.191 e. The average molecular weight is 298 g/mol. The summed E-state index contributed by atoms with van der Waals surface area (Å²) in [5.41, 5.74) is 0.348. The molecule has 1 atom stereocenters. The van der Waals surface area contributed by atoms with Gasteiger partial charge in [-0.2, -0.15) is 11.8 Å². The van der Waals surface area contributed by atoms with E-state index < -0.39 is 12.7 Å². The first kappa shape index (κ1) is 17.0. The Labute approximate surface area is 124 Å². The van der Waals surface area contributed by atoms with Crippen LogP contribution in [0.5, 0.6) is 5.75 Å². The Hall–Kier alpha value is -1.04. The summed E-state index contributed by atoms with van der Waals surface area (Å²) >= 11 is 1.70. The van der Waals surface area contributed by atoms with Gasteiger partial charge >= 0.3 is 0 Å². The van der Waals surface area contributed by atoms with Gasteiger partial charge in [-0.15, -0.1) is 0 Å². The van der Waals surface area contributed by atoms with E-state index in [1.165, 1.54) is 0 Å². The molecule has 0 aliphatic rings. The third-order valence-electron chi connectivity index (χ3n) is 2.71. The van der Waals surface area contributed by atoms with Gasteiger partial charge in [0.1, 0.15) is 19.0 Å². The molecule has 0 aromatic heterocycles. The molecular weight excluding hydrogens is 276 g/mol. The zero-order chi connectivity index (χ0) is 14.8. The lowest BCUT2D eigenvalue weighted by molar-refractivity contribution is 0.0891. The van der Waals surface area contributed by atoms with Crippen LogP contribution in [0.1, 0.15) is 30.1 Å². The van der Waals surface area contributed by atoms with E-state index in [1.807, 2.05) is 0 Å². The van der Waals surface area contributed by atoms with Crippen molar-refractivity contribution >= 4 is 17.5 Å². The molecule has 0 aliphatic heterocycles. The number of aliphatic hydroxyl groups excluding tert-OH is 2. The molecule has 0 fully saturated rings. The Kier molecular flexibility index (Phi) is 8.34. The minimum Gasteiger partial charge on any atom is -0.490 e. The largest absolute Gasteiger partial charge is 0.490 e. The Morgan fingerprint density at radius 2 is 2.15 bits per heavy atom. The number of unbranched alkanes of at least 4 members (excludes halogenated alkanes) is 1. The normalized spacial score (nSPS) is 12.2. The molecule has 0 heterocycles. The third kappa shape index (κ3) is 5.94. The van der Waals surface area contributed by atoms with Crippen molar-refractivity contribution in [2.45, 2.75) is 25.9 Å². The molecule has 1 unspecified atom stereocenters. The second kappa shape index (κ2) is 9.80. The predicted octanol–water partition coefficient (Wildman–Crippen LogP) is 2.13. The fraction of sp³-hybridized carbons (Fsp3) is 0.533. The van der Waals surface area contributed by atoms with Crippen molar-refractivity contribution in [2.75, 3.05) is 24.7 Å². The first-order valence-electron chi connectivity index (χ1n) is 6.80. The SMILES string of the molecule is CCCCSCC(O)COc1ccccc1C(=O)CO. The molecule has 0 amide bonds. The summed E-state index contributed by atoms with van der Waals surface area (Å²) in [4.78, 5) is 11.5. The molecule has 1 rings (SSSR count). The summed E-state index contributed by atoms with van der Waals surface area (Å²) in [5.74, 6) is 1.68. The van der Waals surface area contributed by atoms with Crippen LogP contribution in [0.15, 0.2) is 24.3 Å². The quantitative estimate of drug-likeness (QED) is 0.512. The number of aliphatic hydroxyl groups is 2. The molecule has 1 aromatic rings. The highest BCUT2D eigenvalue weighted by Crippen LogP contribution is 2.19. The van der Waals surface area contributed by atoms with Crippen LogP contribution >= 0.6 is 11.8 Å². The van der Waals surface area contributed by atoms with Crippen molar-refractivity contribution in [3.63, 3.8) is 0 Å². The van der Waals surface area contributed by atoms with Gasteiger partial charge in [0.15, 0.2) is 5.78 Å². The Morgan fingerprint density at radius 1 is 1.40 bits per heavy atom. The minimum atomic E-state index is -0.561. The topological polar surface area (TPSA) is 66.8 Å². The van der Waals surface area contributed by atoms with Gasteiger partial charge in [0.05, 0.1) is 11.7 Å². The number of rotatable bonds is 10. The maximum Gasteiger partial charge on any atom is 0.191 e. The molecule has 0 saturated heterocycles. The lowest BCUT2D eigenvalue weighted by Crippen LogP contribution is -2.21. The number of benzene rings is 1. The highest BCUT2D eigenvalue weighted by atomic mass is 32.2. The van der Waals surface area contributed by atoms with Crippen molar-refractivity contribution in [3.8, 4) is 5.75 Å². The maximum atomic E-state index is 11.5.